The van der Waals surface area contributed by atoms with Gasteiger partial charge in [-0.15, -0.1) is 0 Å². The van der Waals surface area contributed by atoms with E-state index < -0.39 is 97.5 Å². The van der Waals surface area contributed by atoms with E-state index in [4.69, 9.17) is 37.0 Å². The van der Waals surface area contributed by atoms with Gasteiger partial charge < -0.3 is 33.8 Å². The number of esters is 4. The van der Waals surface area contributed by atoms with Crippen LogP contribution in [0.4, 0.5) is 0 Å². The summed E-state index contributed by atoms with van der Waals surface area (Å²) in [6.45, 7) is 9.77. The van der Waals surface area contributed by atoms with E-state index in [0.29, 0.717) is 25.7 Å². The van der Waals surface area contributed by atoms with Crippen molar-refractivity contribution in [2.75, 3.05) is 39.6 Å². The van der Waals surface area contributed by atoms with Gasteiger partial charge in [-0.1, -0.05) is 414 Å². The van der Waals surface area contributed by atoms with Crippen molar-refractivity contribution < 1.29 is 80.2 Å². The van der Waals surface area contributed by atoms with Gasteiger partial charge >= 0.3 is 39.5 Å². The predicted molar refractivity (Wildman–Crippen MR) is 437 cm³/mol. The maximum absolute atomic E-state index is 13.2. The van der Waals surface area contributed by atoms with Crippen LogP contribution >= 0.6 is 15.6 Å². The normalized spacial score (nSPS) is 14.3. The molecule has 0 aliphatic carbocycles. The van der Waals surface area contributed by atoms with Gasteiger partial charge in [0, 0.05) is 25.7 Å². The van der Waals surface area contributed by atoms with Crippen LogP contribution in [0.25, 0.3) is 0 Å². The van der Waals surface area contributed by atoms with Gasteiger partial charge in [0.15, 0.2) is 12.2 Å². The summed E-state index contributed by atoms with van der Waals surface area (Å²) in [4.78, 5) is 73.2. The molecule has 0 saturated carbocycles. The van der Waals surface area contributed by atoms with Crippen LogP contribution < -0.4 is 0 Å². The standard InChI is InChI=1S/C87H170O17P2/c1-7-11-13-15-17-19-20-21-22-23-24-25-26-27-28-36-41-47-53-59-65-71-87(92)104-83(76-98-85(90)70-64-58-52-46-40-35-31-29-33-38-44-49-55-61-67-79(5)9-3)78-102-106(95,96)100-74-81(88)73-99-105(93,94)101-77-82(75-97-84(89)69-63-57-51-43-18-16-14-12-8-2)103-86(91)72-66-60-54-48-42-37-32-30-34-39-45-50-56-62-68-80(6)10-4/h79-83,88H,7-78H2,1-6H3,(H,93,94)(H,95,96)/t79?,80?,81-,82+,83+/m0/s1. The average Bonchev–Trinajstić information content (AvgIpc) is 0.902. The smallest absolute Gasteiger partial charge is 0.462 e. The number of hydrogen-bond acceptors (Lipinski definition) is 15. The van der Waals surface area contributed by atoms with Gasteiger partial charge in [0.25, 0.3) is 0 Å². The number of carbonyl (C=O) groups is 4. The molecule has 0 fully saturated rings. The molecule has 0 bridgehead atoms. The van der Waals surface area contributed by atoms with Crippen molar-refractivity contribution in [3.63, 3.8) is 0 Å². The fourth-order valence-corrected chi connectivity index (χ4v) is 15.1. The first-order valence-electron chi connectivity index (χ1n) is 45.1. The fraction of sp³-hybridized carbons (Fsp3) is 0.954. The van der Waals surface area contributed by atoms with Crippen LogP contribution in [0.1, 0.15) is 465 Å². The molecule has 0 aliphatic rings. The number of carbonyl (C=O) groups excluding carboxylic acids is 4. The van der Waals surface area contributed by atoms with Crippen molar-refractivity contribution in [1.82, 2.24) is 0 Å². The Kier molecular flexibility index (Phi) is 76.9. The second-order valence-corrected chi connectivity index (χ2v) is 34.7. The first kappa shape index (κ1) is 104. The summed E-state index contributed by atoms with van der Waals surface area (Å²) < 4.78 is 68.9. The van der Waals surface area contributed by atoms with E-state index in [1.807, 2.05) is 0 Å². The lowest BCUT2D eigenvalue weighted by atomic mass is 9.99. The first-order valence-corrected chi connectivity index (χ1v) is 48.1. The van der Waals surface area contributed by atoms with E-state index in [1.165, 1.54) is 283 Å². The van der Waals surface area contributed by atoms with Crippen molar-refractivity contribution in [3.8, 4) is 0 Å². The summed E-state index contributed by atoms with van der Waals surface area (Å²) in [6.07, 6.45) is 70.7. The maximum Gasteiger partial charge on any atom is 0.472 e. The lowest BCUT2D eigenvalue weighted by Gasteiger charge is -2.21. The SMILES string of the molecule is CCCCCCCCCCCCCCCCCCCCCCCC(=O)O[C@H](COC(=O)CCCCCCCCCCCCCCCCC(C)CC)COP(=O)(O)OC[C@@H](O)COP(=O)(O)OC[C@@H](COC(=O)CCCCCCCCCCC)OC(=O)CCCCCCCCCCCCCCCCC(C)CC. The highest BCUT2D eigenvalue weighted by Crippen LogP contribution is 2.45. The lowest BCUT2D eigenvalue weighted by Crippen LogP contribution is -2.30. The molecule has 0 radical (unpaired) electrons. The predicted octanol–water partition coefficient (Wildman–Crippen LogP) is 26.6. The van der Waals surface area contributed by atoms with Gasteiger partial charge in [0.1, 0.15) is 19.3 Å². The van der Waals surface area contributed by atoms with E-state index in [2.05, 4.69) is 41.5 Å². The van der Waals surface area contributed by atoms with Gasteiger partial charge in [-0.05, 0) is 37.5 Å². The first-order chi connectivity index (χ1) is 51.4. The number of unbranched alkanes of at least 4 members (excludes halogenated alkanes) is 54. The largest absolute Gasteiger partial charge is 0.472 e. The second kappa shape index (κ2) is 78.3. The molecule has 19 heteroatoms. The molecule has 4 unspecified atom stereocenters. The average molecular weight is 1550 g/mol. The second-order valence-electron chi connectivity index (χ2n) is 31.8. The number of aliphatic hydroxyl groups excluding tert-OH is 1. The monoisotopic (exact) mass is 1550 g/mol. The number of phosphoric ester groups is 2. The number of hydrogen-bond donors (Lipinski definition) is 3. The molecule has 0 aromatic heterocycles. The molecule has 0 aromatic carbocycles. The van der Waals surface area contributed by atoms with Gasteiger partial charge in [-0.2, -0.15) is 0 Å². The number of ether oxygens (including phenoxy) is 4. The highest BCUT2D eigenvalue weighted by molar-refractivity contribution is 7.47. The molecule has 0 rings (SSSR count). The van der Waals surface area contributed by atoms with Gasteiger partial charge in [-0.3, -0.25) is 37.3 Å². The molecular formula is C87H170O17P2. The van der Waals surface area contributed by atoms with Crippen molar-refractivity contribution in [2.45, 2.75) is 484 Å². The highest BCUT2D eigenvalue weighted by Gasteiger charge is 2.30. The zero-order chi connectivity index (χ0) is 77.8. The third-order valence-electron chi connectivity index (χ3n) is 21.2. The number of phosphoric acid groups is 2. The van der Waals surface area contributed by atoms with Crippen LogP contribution in [0.15, 0.2) is 0 Å². The quantitative estimate of drug-likeness (QED) is 0.0222. The minimum atomic E-state index is -4.97. The van der Waals surface area contributed by atoms with Gasteiger partial charge in [-0.25, -0.2) is 9.13 Å². The topological polar surface area (TPSA) is 237 Å². The van der Waals surface area contributed by atoms with Gasteiger partial charge in [0.05, 0.1) is 26.4 Å². The molecule has 3 N–H and O–H groups in total. The molecule has 106 heavy (non-hydrogen) atoms. The van der Waals surface area contributed by atoms with Crippen molar-refractivity contribution in [2.24, 2.45) is 11.8 Å². The Balaban J connectivity index is 5.21. The molecule has 0 saturated heterocycles. The number of rotatable bonds is 86. The van der Waals surface area contributed by atoms with Crippen LogP contribution in [0.5, 0.6) is 0 Å². The molecule has 0 heterocycles. The van der Waals surface area contributed by atoms with Crippen molar-refractivity contribution in [3.05, 3.63) is 0 Å². The van der Waals surface area contributed by atoms with E-state index >= 15 is 0 Å². The van der Waals surface area contributed by atoms with E-state index in [1.54, 1.807) is 0 Å². The molecular weight excluding hydrogens is 1380 g/mol. The van der Waals surface area contributed by atoms with Crippen LogP contribution in [0, 0.1) is 11.8 Å². The Morgan fingerprint density at radius 1 is 0.264 bits per heavy atom. The Morgan fingerprint density at radius 3 is 0.670 bits per heavy atom. The Bertz CT molecular complexity index is 2030. The molecule has 630 valence electrons. The maximum atomic E-state index is 13.2. The van der Waals surface area contributed by atoms with Crippen LogP contribution in [0.3, 0.4) is 0 Å². The summed E-state index contributed by atoms with van der Waals surface area (Å²) in [7, 11) is -9.93. The molecule has 0 amide bonds. The van der Waals surface area contributed by atoms with E-state index in [-0.39, 0.29) is 25.7 Å². The molecule has 0 aliphatic heterocycles. The summed E-state index contributed by atoms with van der Waals surface area (Å²) in [5.41, 5.74) is 0. The van der Waals surface area contributed by atoms with Crippen LogP contribution in [-0.4, -0.2) is 96.7 Å². The Morgan fingerprint density at radius 2 is 0.453 bits per heavy atom. The minimum absolute atomic E-state index is 0.108. The van der Waals surface area contributed by atoms with E-state index in [9.17, 15) is 43.2 Å². The number of aliphatic hydroxyl groups is 1. The van der Waals surface area contributed by atoms with Gasteiger partial charge in [0.2, 0.25) is 0 Å². The summed E-state index contributed by atoms with van der Waals surface area (Å²) >= 11 is 0. The molecule has 7 atom stereocenters. The Labute approximate surface area is 651 Å². The summed E-state index contributed by atoms with van der Waals surface area (Å²) in [5, 5.41) is 10.7. The zero-order valence-corrected chi connectivity index (χ0v) is 71.5. The highest BCUT2D eigenvalue weighted by atomic mass is 31.2. The molecule has 0 aromatic rings. The van der Waals surface area contributed by atoms with Crippen molar-refractivity contribution >= 4 is 39.5 Å². The zero-order valence-electron chi connectivity index (χ0n) is 69.7. The molecule has 17 nitrogen and oxygen atoms in total. The van der Waals surface area contributed by atoms with Crippen molar-refractivity contribution in [1.29, 1.82) is 0 Å². The third-order valence-corrected chi connectivity index (χ3v) is 23.1. The molecule has 0 spiro atoms. The van der Waals surface area contributed by atoms with Crippen LogP contribution in [-0.2, 0) is 65.4 Å². The minimum Gasteiger partial charge on any atom is -0.462 e. The Hall–Kier alpha value is -1.94. The lowest BCUT2D eigenvalue weighted by molar-refractivity contribution is -0.161. The van der Waals surface area contributed by atoms with Crippen LogP contribution in [0.2, 0.25) is 0 Å². The summed E-state index contributed by atoms with van der Waals surface area (Å²) in [5.74, 6) is -0.406. The fourth-order valence-electron chi connectivity index (χ4n) is 13.5. The third kappa shape index (κ3) is 77.4. The summed E-state index contributed by atoms with van der Waals surface area (Å²) in [6, 6.07) is 0. The van der Waals surface area contributed by atoms with E-state index in [0.717, 1.165) is 102 Å².